The summed E-state index contributed by atoms with van der Waals surface area (Å²) in [6.45, 7) is 0.824. The van der Waals surface area contributed by atoms with Gasteiger partial charge >= 0.3 is 11.9 Å². The molecular weight excluding hydrogens is 202 g/mol. The van der Waals surface area contributed by atoms with Crippen LogP contribution in [0.3, 0.4) is 0 Å². The molecule has 0 bridgehead atoms. The second kappa shape index (κ2) is 6.03. The lowest BCUT2D eigenvalue weighted by molar-refractivity contribution is -0.160. The Morgan fingerprint density at radius 2 is 2.29 bits per heavy atom. The highest BCUT2D eigenvalue weighted by Gasteiger charge is 2.25. The molecule has 0 saturated carbocycles. The van der Waals surface area contributed by atoms with E-state index >= 15 is 0 Å². The Balaban J connectivity index is 2.21. The maximum Gasteiger partial charge on any atom is 0.330 e. The SMILES string of the molecule is O=C(CCCS)OC(=O)[C@@H]1CCCN1. The molecule has 1 fully saturated rings. The second-order valence-corrected chi connectivity index (χ2v) is 3.72. The lowest BCUT2D eigenvalue weighted by atomic mass is 10.2. The van der Waals surface area contributed by atoms with Gasteiger partial charge in [-0.15, -0.1) is 0 Å². The standard InChI is InChI=1S/C9H15NO3S/c11-8(4-2-6-14)13-9(12)7-3-1-5-10-7/h7,10,14H,1-6H2/t7-/m0/s1. The maximum absolute atomic E-state index is 11.3. The summed E-state index contributed by atoms with van der Waals surface area (Å²) in [5, 5.41) is 2.98. The zero-order chi connectivity index (χ0) is 10.4. The number of hydrogen-bond acceptors (Lipinski definition) is 5. The first-order valence-corrected chi connectivity index (χ1v) is 5.46. The molecule has 0 aliphatic carbocycles. The number of ether oxygens (including phenoxy) is 1. The van der Waals surface area contributed by atoms with E-state index in [9.17, 15) is 9.59 Å². The third kappa shape index (κ3) is 3.67. The van der Waals surface area contributed by atoms with Gasteiger partial charge in [-0.1, -0.05) is 0 Å². The van der Waals surface area contributed by atoms with Gasteiger partial charge in [0.2, 0.25) is 0 Å². The van der Waals surface area contributed by atoms with Gasteiger partial charge in [-0.05, 0) is 31.6 Å². The quantitative estimate of drug-likeness (QED) is 0.409. The molecule has 80 valence electrons. The smallest absolute Gasteiger partial charge is 0.330 e. The van der Waals surface area contributed by atoms with Crippen LogP contribution in [0, 0.1) is 0 Å². The van der Waals surface area contributed by atoms with Gasteiger partial charge in [0.1, 0.15) is 6.04 Å². The fourth-order valence-corrected chi connectivity index (χ4v) is 1.50. The molecule has 1 N–H and O–H groups in total. The summed E-state index contributed by atoms with van der Waals surface area (Å²) >= 11 is 3.97. The largest absolute Gasteiger partial charge is 0.392 e. The van der Waals surface area contributed by atoms with Crippen LogP contribution in [0.25, 0.3) is 0 Å². The first-order valence-electron chi connectivity index (χ1n) is 4.83. The molecule has 1 aliphatic rings. The van der Waals surface area contributed by atoms with Crippen molar-refractivity contribution in [1.82, 2.24) is 5.32 Å². The Morgan fingerprint density at radius 3 is 2.86 bits per heavy atom. The van der Waals surface area contributed by atoms with Crippen LogP contribution in [0.1, 0.15) is 25.7 Å². The van der Waals surface area contributed by atoms with Crippen LogP contribution in [0.4, 0.5) is 0 Å². The molecule has 0 aromatic rings. The average Bonchev–Trinajstić information content (AvgIpc) is 2.67. The number of carbonyl (C=O) groups is 2. The zero-order valence-corrected chi connectivity index (χ0v) is 8.89. The average molecular weight is 217 g/mol. The Kier molecular flexibility index (Phi) is 4.97. The van der Waals surface area contributed by atoms with E-state index in [2.05, 4.69) is 22.7 Å². The van der Waals surface area contributed by atoms with E-state index in [0.717, 1.165) is 19.4 Å². The first kappa shape index (κ1) is 11.5. The van der Waals surface area contributed by atoms with Crippen molar-refractivity contribution in [2.75, 3.05) is 12.3 Å². The summed E-state index contributed by atoms with van der Waals surface area (Å²) in [6, 6.07) is -0.282. The van der Waals surface area contributed by atoms with E-state index in [1.165, 1.54) is 0 Å². The molecular formula is C9H15NO3S. The predicted octanol–water partition coefficient (Wildman–Crippen LogP) is 0.518. The maximum atomic E-state index is 11.3. The van der Waals surface area contributed by atoms with Crippen LogP contribution in [0.15, 0.2) is 0 Å². The van der Waals surface area contributed by atoms with Crippen LogP contribution in [-0.4, -0.2) is 30.3 Å². The Morgan fingerprint density at radius 1 is 1.50 bits per heavy atom. The molecule has 0 spiro atoms. The van der Waals surface area contributed by atoms with Crippen molar-refractivity contribution in [3.63, 3.8) is 0 Å². The van der Waals surface area contributed by atoms with Gasteiger partial charge in [-0.25, -0.2) is 4.79 Å². The van der Waals surface area contributed by atoms with E-state index in [1.54, 1.807) is 0 Å². The Labute approximate surface area is 88.8 Å². The third-order valence-corrected chi connectivity index (χ3v) is 2.41. The minimum atomic E-state index is -0.447. The van der Waals surface area contributed by atoms with Gasteiger partial charge in [-0.3, -0.25) is 4.79 Å². The summed E-state index contributed by atoms with van der Waals surface area (Å²) in [5.41, 5.74) is 0. The van der Waals surface area contributed by atoms with Crippen molar-refractivity contribution < 1.29 is 14.3 Å². The van der Waals surface area contributed by atoms with Gasteiger partial charge < -0.3 is 10.1 Å². The van der Waals surface area contributed by atoms with E-state index < -0.39 is 11.9 Å². The lowest BCUT2D eigenvalue weighted by Gasteiger charge is -2.08. The summed E-state index contributed by atoms with van der Waals surface area (Å²) in [7, 11) is 0. The number of rotatable bonds is 4. The van der Waals surface area contributed by atoms with Crippen molar-refractivity contribution in [3.8, 4) is 0 Å². The van der Waals surface area contributed by atoms with Crippen molar-refractivity contribution in [1.29, 1.82) is 0 Å². The van der Waals surface area contributed by atoms with Crippen LogP contribution in [0.2, 0.25) is 0 Å². The molecule has 1 atom stereocenters. The molecule has 14 heavy (non-hydrogen) atoms. The molecule has 0 unspecified atom stereocenters. The highest BCUT2D eigenvalue weighted by Crippen LogP contribution is 2.07. The van der Waals surface area contributed by atoms with Gasteiger partial charge in [-0.2, -0.15) is 12.6 Å². The van der Waals surface area contributed by atoms with E-state index in [4.69, 9.17) is 0 Å². The number of nitrogens with one attached hydrogen (secondary N) is 1. The minimum absolute atomic E-state index is 0.266. The molecule has 1 aliphatic heterocycles. The highest BCUT2D eigenvalue weighted by molar-refractivity contribution is 7.80. The minimum Gasteiger partial charge on any atom is -0.392 e. The molecule has 1 saturated heterocycles. The van der Waals surface area contributed by atoms with Crippen LogP contribution < -0.4 is 5.32 Å². The Hall–Kier alpha value is -0.550. The molecule has 0 amide bonds. The second-order valence-electron chi connectivity index (χ2n) is 3.27. The number of esters is 2. The molecule has 1 rings (SSSR count). The van der Waals surface area contributed by atoms with Crippen molar-refractivity contribution >= 4 is 24.6 Å². The van der Waals surface area contributed by atoms with Crippen molar-refractivity contribution in [3.05, 3.63) is 0 Å². The molecule has 1 heterocycles. The molecule has 0 radical (unpaired) electrons. The van der Waals surface area contributed by atoms with E-state index in [0.29, 0.717) is 12.2 Å². The van der Waals surface area contributed by atoms with Gasteiger partial charge in [0.15, 0.2) is 0 Å². The number of thiol groups is 1. The zero-order valence-electron chi connectivity index (χ0n) is 7.99. The number of hydrogen-bond donors (Lipinski definition) is 2. The normalized spacial score (nSPS) is 20.8. The Bertz CT molecular complexity index is 214. The monoisotopic (exact) mass is 217 g/mol. The van der Waals surface area contributed by atoms with Crippen LogP contribution in [0.5, 0.6) is 0 Å². The van der Waals surface area contributed by atoms with Gasteiger partial charge in [0.25, 0.3) is 0 Å². The van der Waals surface area contributed by atoms with E-state index in [-0.39, 0.29) is 12.5 Å². The fourth-order valence-electron chi connectivity index (χ4n) is 1.34. The van der Waals surface area contributed by atoms with Crippen molar-refractivity contribution in [2.24, 2.45) is 0 Å². The fraction of sp³-hybridized carbons (Fsp3) is 0.778. The van der Waals surface area contributed by atoms with Crippen LogP contribution in [-0.2, 0) is 14.3 Å². The predicted molar refractivity (Wildman–Crippen MR) is 55.2 cm³/mol. The molecule has 5 heteroatoms. The molecule has 4 nitrogen and oxygen atoms in total. The van der Waals surface area contributed by atoms with Gasteiger partial charge in [0.05, 0.1) is 0 Å². The summed E-state index contributed by atoms with van der Waals surface area (Å²) in [5.74, 6) is -0.255. The topological polar surface area (TPSA) is 55.4 Å². The summed E-state index contributed by atoms with van der Waals surface area (Å²) < 4.78 is 4.66. The van der Waals surface area contributed by atoms with Gasteiger partial charge in [0, 0.05) is 6.42 Å². The third-order valence-electron chi connectivity index (χ3n) is 2.10. The summed E-state index contributed by atoms with van der Waals surface area (Å²) in [6.07, 6.45) is 2.64. The van der Waals surface area contributed by atoms with E-state index in [1.807, 2.05) is 0 Å². The van der Waals surface area contributed by atoms with Crippen molar-refractivity contribution in [2.45, 2.75) is 31.7 Å². The molecule has 0 aromatic carbocycles. The highest BCUT2D eigenvalue weighted by atomic mass is 32.1. The first-order chi connectivity index (χ1) is 6.74. The number of carbonyl (C=O) groups excluding carboxylic acids is 2. The summed E-state index contributed by atoms with van der Waals surface area (Å²) in [4.78, 5) is 22.4. The lowest BCUT2D eigenvalue weighted by Crippen LogP contribution is -2.33. The van der Waals surface area contributed by atoms with Crippen LogP contribution >= 0.6 is 12.6 Å². The molecule has 0 aromatic heterocycles.